The molecule has 0 bridgehead atoms. The van der Waals surface area contributed by atoms with Gasteiger partial charge in [0.15, 0.2) is 0 Å². The van der Waals surface area contributed by atoms with Gasteiger partial charge in [0.1, 0.15) is 0 Å². The normalized spacial score (nSPS) is 13.0. The summed E-state index contributed by atoms with van der Waals surface area (Å²) in [6.07, 6.45) is 0. The van der Waals surface area contributed by atoms with Gasteiger partial charge in [0.2, 0.25) is 0 Å². The Labute approximate surface area is 259 Å². The maximum absolute atomic E-state index is 3.77. The smallest absolute Gasteiger partial charge is 0.0463 e. The minimum Gasteiger partial charge on any atom is -0.355 e. The Morgan fingerprint density at radius 3 is 1.77 bits per heavy atom. The monoisotopic (exact) mass is 563 g/mol. The lowest BCUT2D eigenvalue weighted by molar-refractivity contribution is 0.661. The zero-order chi connectivity index (χ0) is 29.7. The lowest BCUT2D eigenvalue weighted by Crippen LogP contribution is -2.15. The minimum absolute atomic E-state index is 0.109. The van der Waals surface area contributed by atoms with Crippen molar-refractivity contribution in [1.29, 1.82) is 0 Å². The third-order valence-corrected chi connectivity index (χ3v) is 9.27. The fourth-order valence-corrected chi connectivity index (χ4v) is 6.84. The molecule has 7 aromatic carbocycles. The van der Waals surface area contributed by atoms with E-state index in [-0.39, 0.29) is 5.41 Å². The van der Waals surface area contributed by atoms with E-state index in [2.05, 4.69) is 177 Å². The van der Waals surface area contributed by atoms with E-state index in [1.54, 1.807) is 0 Å². The highest BCUT2D eigenvalue weighted by Gasteiger charge is 2.35. The van der Waals surface area contributed by atoms with E-state index in [4.69, 9.17) is 0 Å². The molecule has 0 atom stereocenters. The zero-order valence-electron chi connectivity index (χ0n) is 25.0. The van der Waals surface area contributed by atoms with Crippen molar-refractivity contribution in [3.05, 3.63) is 169 Å². The molecule has 0 unspecified atom stereocenters. The molecule has 0 fully saturated rings. The van der Waals surface area contributed by atoms with Crippen molar-refractivity contribution in [2.45, 2.75) is 19.3 Å². The summed E-state index contributed by atoms with van der Waals surface area (Å²) in [7, 11) is 0. The fraction of sp³-hybridized carbons (Fsp3) is 0.0698. The Morgan fingerprint density at radius 2 is 0.955 bits per heavy atom. The summed E-state index contributed by atoms with van der Waals surface area (Å²) in [4.78, 5) is 0. The van der Waals surface area contributed by atoms with Gasteiger partial charge in [0, 0.05) is 22.4 Å². The van der Waals surface area contributed by atoms with Crippen LogP contribution in [0.2, 0.25) is 0 Å². The summed E-state index contributed by atoms with van der Waals surface area (Å²) < 4.78 is 0. The van der Waals surface area contributed by atoms with Crippen molar-refractivity contribution in [2.75, 3.05) is 5.32 Å². The van der Waals surface area contributed by atoms with Crippen LogP contribution in [0.25, 0.3) is 55.3 Å². The zero-order valence-corrected chi connectivity index (χ0v) is 25.0. The molecule has 0 aromatic heterocycles. The van der Waals surface area contributed by atoms with Crippen LogP contribution in [0.5, 0.6) is 0 Å². The molecule has 0 aliphatic heterocycles. The molecule has 1 aliphatic rings. The lowest BCUT2D eigenvalue weighted by Gasteiger charge is -2.23. The summed E-state index contributed by atoms with van der Waals surface area (Å²) in [5, 5.41) is 6.31. The first kappa shape index (κ1) is 26.2. The van der Waals surface area contributed by atoms with Crippen LogP contribution in [0.1, 0.15) is 25.0 Å². The van der Waals surface area contributed by atoms with E-state index in [1.165, 1.54) is 66.4 Å². The number of fused-ring (bicyclic) bond motifs is 4. The summed E-state index contributed by atoms with van der Waals surface area (Å²) in [6.45, 7) is 4.71. The SMILES string of the molecule is CC1(C)c2cc(Nc3ccccc3-c3ccc(-c4ccccc4)cc3)ccc2-c2ccc(-c3ccc4ccccc4c3)cc21. The fourth-order valence-electron chi connectivity index (χ4n) is 6.84. The number of para-hydroxylation sites is 1. The van der Waals surface area contributed by atoms with Crippen LogP contribution < -0.4 is 5.32 Å². The van der Waals surface area contributed by atoms with Crippen LogP contribution in [0.4, 0.5) is 11.4 Å². The van der Waals surface area contributed by atoms with E-state index in [9.17, 15) is 0 Å². The van der Waals surface area contributed by atoms with E-state index in [1.807, 2.05) is 0 Å². The third kappa shape index (κ3) is 4.49. The first-order valence-electron chi connectivity index (χ1n) is 15.4. The van der Waals surface area contributed by atoms with Crippen LogP contribution in [0, 0.1) is 0 Å². The van der Waals surface area contributed by atoms with Crippen molar-refractivity contribution >= 4 is 22.1 Å². The number of hydrogen-bond donors (Lipinski definition) is 1. The van der Waals surface area contributed by atoms with Crippen molar-refractivity contribution in [1.82, 2.24) is 0 Å². The molecule has 210 valence electrons. The number of rotatable bonds is 5. The minimum atomic E-state index is -0.109. The molecule has 7 aromatic rings. The van der Waals surface area contributed by atoms with Crippen molar-refractivity contribution in [3.63, 3.8) is 0 Å². The average Bonchev–Trinajstić information content (AvgIpc) is 3.30. The van der Waals surface area contributed by atoms with Gasteiger partial charge >= 0.3 is 0 Å². The van der Waals surface area contributed by atoms with Crippen LogP contribution in [-0.2, 0) is 5.41 Å². The highest BCUT2D eigenvalue weighted by molar-refractivity contribution is 5.90. The maximum Gasteiger partial charge on any atom is 0.0463 e. The number of nitrogens with one attached hydrogen (secondary N) is 1. The number of hydrogen-bond acceptors (Lipinski definition) is 1. The molecule has 0 saturated heterocycles. The second-order valence-electron chi connectivity index (χ2n) is 12.3. The molecule has 0 saturated carbocycles. The second-order valence-corrected chi connectivity index (χ2v) is 12.3. The molecule has 0 radical (unpaired) electrons. The molecule has 1 heteroatoms. The Morgan fingerprint density at radius 1 is 0.386 bits per heavy atom. The van der Waals surface area contributed by atoms with Crippen LogP contribution in [-0.4, -0.2) is 0 Å². The van der Waals surface area contributed by atoms with Gasteiger partial charge < -0.3 is 5.32 Å². The molecule has 1 aliphatic carbocycles. The highest BCUT2D eigenvalue weighted by atomic mass is 14.9. The Hall–Kier alpha value is -5.40. The molecule has 44 heavy (non-hydrogen) atoms. The first-order valence-corrected chi connectivity index (χ1v) is 15.4. The van der Waals surface area contributed by atoms with Gasteiger partial charge in [0.25, 0.3) is 0 Å². The summed E-state index contributed by atoms with van der Waals surface area (Å²) in [6, 6.07) is 57.2. The average molecular weight is 564 g/mol. The lowest BCUT2D eigenvalue weighted by atomic mass is 9.81. The molecule has 1 N–H and O–H groups in total. The first-order chi connectivity index (χ1) is 21.5. The van der Waals surface area contributed by atoms with Gasteiger partial charge in [-0.05, 0) is 91.2 Å². The molecule has 8 rings (SSSR count). The quantitative estimate of drug-likeness (QED) is 0.220. The van der Waals surface area contributed by atoms with Gasteiger partial charge in [-0.3, -0.25) is 0 Å². The van der Waals surface area contributed by atoms with Gasteiger partial charge in [-0.1, -0.05) is 141 Å². The molecule has 1 nitrogen and oxygen atoms in total. The van der Waals surface area contributed by atoms with Crippen molar-refractivity contribution in [3.8, 4) is 44.5 Å². The summed E-state index contributed by atoms with van der Waals surface area (Å²) in [5.41, 5.74) is 14.9. The van der Waals surface area contributed by atoms with Gasteiger partial charge in [0.05, 0.1) is 0 Å². The van der Waals surface area contributed by atoms with Gasteiger partial charge in [-0.15, -0.1) is 0 Å². The second kappa shape index (κ2) is 10.4. The van der Waals surface area contributed by atoms with Crippen LogP contribution in [0.3, 0.4) is 0 Å². The molecule has 0 amide bonds. The Kier molecular flexibility index (Phi) is 6.20. The predicted molar refractivity (Wildman–Crippen MR) is 188 cm³/mol. The molecular formula is C43H33N. The molecule has 0 spiro atoms. The van der Waals surface area contributed by atoms with Crippen molar-refractivity contribution < 1.29 is 0 Å². The third-order valence-electron chi connectivity index (χ3n) is 9.27. The molecular weight excluding hydrogens is 530 g/mol. The topological polar surface area (TPSA) is 12.0 Å². The highest BCUT2D eigenvalue weighted by Crippen LogP contribution is 2.50. The Balaban J connectivity index is 1.10. The van der Waals surface area contributed by atoms with Gasteiger partial charge in [-0.25, -0.2) is 0 Å². The maximum atomic E-state index is 3.77. The number of anilines is 2. The predicted octanol–water partition coefficient (Wildman–Crippen LogP) is 11.9. The van der Waals surface area contributed by atoms with Gasteiger partial charge in [-0.2, -0.15) is 0 Å². The van der Waals surface area contributed by atoms with E-state index in [0.29, 0.717) is 0 Å². The Bertz CT molecular complexity index is 2150. The standard InChI is InChI=1S/C43H33N/c1-43(2)40-27-35(34-21-18-30-12-6-7-13-33(30)26-34)22-24-38(40)39-25-23-36(28-41(39)43)44-42-15-9-8-14-37(42)32-19-16-31(17-20-32)29-10-4-3-5-11-29/h3-28,44H,1-2H3. The summed E-state index contributed by atoms with van der Waals surface area (Å²) in [5.74, 6) is 0. The van der Waals surface area contributed by atoms with E-state index in [0.717, 1.165) is 11.4 Å². The van der Waals surface area contributed by atoms with E-state index < -0.39 is 0 Å². The number of benzene rings is 7. The van der Waals surface area contributed by atoms with Crippen molar-refractivity contribution in [2.24, 2.45) is 0 Å². The largest absolute Gasteiger partial charge is 0.355 e. The molecule has 0 heterocycles. The summed E-state index contributed by atoms with van der Waals surface area (Å²) >= 11 is 0. The van der Waals surface area contributed by atoms with Crippen LogP contribution in [0.15, 0.2) is 158 Å². The van der Waals surface area contributed by atoms with Crippen LogP contribution >= 0.6 is 0 Å². The van der Waals surface area contributed by atoms with E-state index >= 15 is 0 Å².